The maximum atomic E-state index is 11.1. The fourth-order valence-electron chi connectivity index (χ4n) is 3.44. The lowest BCUT2D eigenvalue weighted by Gasteiger charge is -2.35. The summed E-state index contributed by atoms with van der Waals surface area (Å²) >= 11 is 0. The number of primary amides is 1. The van der Waals surface area contributed by atoms with Crippen molar-refractivity contribution >= 4 is 5.91 Å². The minimum atomic E-state index is -0.465. The van der Waals surface area contributed by atoms with E-state index in [2.05, 4.69) is 15.1 Å². The molecule has 2 saturated heterocycles. The lowest BCUT2D eigenvalue weighted by atomic mass is 9.92. The lowest BCUT2D eigenvalue weighted by molar-refractivity contribution is 0.0482. The smallest absolute Gasteiger partial charge is 0.269 e. The number of carbonyl (C=O) groups excluding carboxylic acids is 1. The first-order valence-corrected chi connectivity index (χ1v) is 7.87. The number of nitrogens with two attached hydrogens (primary N) is 1. The third kappa shape index (κ3) is 3.63. The molecule has 0 saturated carbocycles. The maximum Gasteiger partial charge on any atom is 0.269 e. The average Bonchev–Trinajstić information content (AvgIpc) is 2.99. The Labute approximate surface area is 125 Å². The fraction of sp³-hybridized carbons (Fsp3) is 0.733. The van der Waals surface area contributed by atoms with E-state index in [1.165, 1.54) is 25.8 Å². The third-order valence-electron chi connectivity index (χ3n) is 4.65. The van der Waals surface area contributed by atoms with Gasteiger partial charge in [-0.05, 0) is 44.2 Å². The van der Waals surface area contributed by atoms with Gasteiger partial charge in [0.25, 0.3) is 5.91 Å². The molecule has 0 spiro atoms. The van der Waals surface area contributed by atoms with Crippen molar-refractivity contribution in [1.29, 1.82) is 0 Å². The van der Waals surface area contributed by atoms with E-state index in [0.29, 0.717) is 11.6 Å². The Hall–Kier alpha value is -1.40. The van der Waals surface area contributed by atoms with Crippen molar-refractivity contribution in [3.05, 3.63) is 17.5 Å². The van der Waals surface area contributed by atoms with Crippen molar-refractivity contribution in [2.24, 2.45) is 11.7 Å². The molecule has 6 heteroatoms. The van der Waals surface area contributed by atoms with Crippen molar-refractivity contribution < 1.29 is 9.53 Å². The molecule has 2 aliphatic rings. The van der Waals surface area contributed by atoms with Gasteiger partial charge in [0.05, 0.1) is 0 Å². The van der Waals surface area contributed by atoms with Crippen molar-refractivity contribution in [3.63, 3.8) is 0 Å². The Bertz CT molecular complexity index is 482. The highest BCUT2D eigenvalue weighted by Crippen LogP contribution is 2.27. The van der Waals surface area contributed by atoms with Crippen LogP contribution in [0.2, 0.25) is 0 Å². The Kier molecular flexibility index (Phi) is 4.55. The number of aromatic nitrogens is 2. The predicted molar refractivity (Wildman–Crippen MR) is 79.1 cm³/mol. The van der Waals surface area contributed by atoms with E-state index in [1.54, 1.807) is 0 Å². The number of piperidine rings is 1. The zero-order valence-electron chi connectivity index (χ0n) is 12.4. The molecule has 21 heavy (non-hydrogen) atoms. The van der Waals surface area contributed by atoms with Crippen LogP contribution in [0.5, 0.6) is 0 Å². The van der Waals surface area contributed by atoms with Crippen LogP contribution in [0.25, 0.3) is 0 Å². The summed E-state index contributed by atoms with van der Waals surface area (Å²) in [6, 6.07) is 1.81. The molecule has 6 nitrogen and oxygen atoms in total. The average molecular weight is 292 g/mol. The second kappa shape index (κ2) is 6.58. The molecule has 1 aromatic rings. The number of hydrogen-bond donors (Lipinski definition) is 2. The van der Waals surface area contributed by atoms with Crippen LogP contribution in [0, 0.1) is 5.92 Å². The Balaban J connectivity index is 1.58. The first-order valence-electron chi connectivity index (χ1n) is 7.87. The van der Waals surface area contributed by atoms with Crippen molar-refractivity contribution in [1.82, 2.24) is 15.1 Å². The molecule has 0 aliphatic carbocycles. The van der Waals surface area contributed by atoms with Gasteiger partial charge in [0.2, 0.25) is 0 Å². The Morgan fingerprint density at radius 3 is 2.95 bits per heavy atom. The molecule has 0 radical (unpaired) electrons. The summed E-state index contributed by atoms with van der Waals surface area (Å²) in [5.41, 5.74) is 6.65. The normalized spacial score (nSPS) is 25.0. The molecule has 0 aromatic carbocycles. The van der Waals surface area contributed by atoms with E-state index in [0.717, 1.165) is 44.3 Å². The van der Waals surface area contributed by atoms with Crippen LogP contribution < -0.4 is 5.73 Å². The largest absolute Gasteiger partial charge is 0.381 e. The van der Waals surface area contributed by atoms with Gasteiger partial charge in [0.15, 0.2) is 0 Å². The highest BCUT2D eigenvalue weighted by molar-refractivity contribution is 5.90. The third-order valence-corrected chi connectivity index (χ3v) is 4.65. The molecule has 0 bridgehead atoms. The Morgan fingerprint density at radius 2 is 2.24 bits per heavy atom. The number of nitrogens with one attached hydrogen (secondary N) is 1. The second-order valence-corrected chi connectivity index (χ2v) is 6.23. The number of amides is 1. The number of aromatic amines is 1. The van der Waals surface area contributed by atoms with Gasteiger partial charge in [-0.2, -0.15) is 5.10 Å². The zero-order chi connectivity index (χ0) is 14.7. The van der Waals surface area contributed by atoms with Crippen LogP contribution in [0.15, 0.2) is 6.07 Å². The molecule has 2 fully saturated rings. The van der Waals surface area contributed by atoms with Crippen molar-refractivity contribution in [2.45, 2.75) is 31.6 Å². The molecule has 1 aromatic heterocycles. The molecule has 3 rings (SSSR count). The molecule has 3 heterocycles. The zero-order valence-corrected chi connectivity index (χ0v) is 12.4. The quantitative estimate of drug-likeness (QED) is 0.871. The monoisotopic (exact) mass is 292 g/mol. The minimum Gasteiger partial charge on any atom is -0.381 e. The summed E-state index contributed by atoms with van der Waals surface area (Å²) < 4.78 is 5.43. The topological polar surface area (TPSA) is 84.2 Å². The van der Waals surface area contributed by atoms with Crippen LogP contribution in [-0.4, -0.2) is 53.9 Å². The SMILES string of the molecule is NC(=O)c1cc([C@@H]2CCCN(CC3CCOCC3)C2)[nH]n1. The van der Waals surface area contributed by atoms with Crippen LogP contribution in [0.4, 0.5) is 0 Å². The molecule has 2 aliphatic heterocycles. The van der Waals surface area contributed by atoms with E-state index in [4.69, 9.17) is 10.5 Å². The number of carbonyl (C=O) groups is 1. The van der Waals surface area contributed by atoms with Gasteiger partial charge >= 0.3 is 0 Å². The number of ether oxygens (including phenoxy) is 1. The molecule has 3 N–H and O–H groups in total. The van der Waals surface area contributed by atoms with Crippen molar-refractivity contribution in [3.8, 4) is 0 Å². The molecule has 1 atom stereocenters. The van der Waals surface area contributed by atoms with Crippen LogP contribution >= 0.6 is 0 Å². The number of hydrogen-bond acceptors (Lipinski definition) is 4. The van der Waals surface area contributed by atoms with E-state index >= 15 is 0 Å². The van der Waals surface area contributed by atoms with Gasteiger partial charge in [0, 0.05) is 37.9 Å². The molecule has 116 valence electrons. The van der Waals surface area contributed by atoms with Gasteiger partial charge in [-0.25, -0.2) is 0 Å². The fourth-order valence-corrected chi connectivity index (χ4v) is 3.44. The van der Waals surface area contributed by atoms with Crippen LogP contribution in [0.1, 0.15) is 47.8 Å². The molecular formula is C15H24N4O2. The number of likely N-dealkylation sites (tertiary alicyclic amines) is 1. The summed E-state index contributed by atoms with van der Waals surface area (Å²) in [7, 11) is 0. The van der Waals surface area contributed by atoms with E-state index < -0.39 is 5.91 Å². The first kappa shape index (κ1) is 14.5. The highest BCUT2D eigenvalue weighted by atomic mass is 16.5. The van der Waals surface area contributed by atoms with E-state index in [1.807, 2.05) is 6.07 Å². The van der Waals surface area contributed by atoms with E-state index in [9.17, 15) is 4.79 Å². The molecule has 1 amide bonds. The number of H-pyrrole nitrogens is 1. The van der Waals surface area contributed by atoms with Crippen molar-refractivity contribution in [2.75, 3.05) is 32.8 Å². The lowest BCUT2D eigenvalue weighted by Crippen LogP contribution is -2.39. The van der Waals surface area contributed by atoms with E-state index in [-0.39, 0.29) is 0 Å². The van der Waals surface area contributed by atoms with Gasteiger partial charge in [0.1, 0.15) is 5.69 Å². The number of rotatable bonds is 4. The maximum absolute atomic E-state index is 11.1. The second-order valence-electron chi connectivity index (χ2n) is 6.23. The van der Waals surface area contributed by atoms with Gasteiger partial charge < -0.3 is 15.4 Å². The van der Waals surface area contributed by atoms with Crippen LogP contribution in [-0.2, 0) is 4.74 Å². The summed E-state index contributed by atoms with van der Waals surface area (Å²) in [5.74, 6) is 0.729. The summed E-state index contributed by atoms with van der Waals surface area (Å²) in [5, 5.41) is 6.98. The minimum absolute atomic E-state index is 0.339. The molecule has 0 unspecified atom stereocenters. The summed E-state index contributed by atoms with van der Waals surface area (Å²) in [6.45, 7) is 5.19. The summed E-state index contributed by atoms with van der Waals surface area (Å²) in [4.78, 5) is 13.7. The number of nitrogens with zero attached hydrogens (tertiary/aromatic N) is 2. The van der Waals surface area contributed by atoms with Gasteiger partial charge in [-0.15, -0.1) is 0 Å². The summed E-state index contributed by atoms with van der Waals surface area (Å²) in [6.07, 6.45) is 4.69. The predicted octanol–water partition coefficient (Wildman–Crippen LogP) is 1.11. The highest BCUT2D eigenvalue weighted by Gasteiger charge is 2.26. The standard InChI is InChI=1S/C15H24N4O2/c16-15(20)14-8-13(17-18-14)12-2-1-5-19(10-12)9-11-3-6-21-7-4-11/h8,11-12H,1-7,9-10H2,(H2,16,20)(H,17,18)/t12-/m1/s1. The van der Waals surface area contributed by atoms with Gasteiger partial charge in [-0.1, -0.05) is 0 Å². The molecular weight excluding hydrogens is 268 g/mol. The Morgan fingerprint density at radius 1 is 1.43 bits per heavy atom. The van der Waals surface area contributed by atoms with Crippen LogP contribution in [0.3, 0.4) is 0 Å². The van der Waals surface area contributed by atoms with Gasteiger partial charge in [-0.3, -0.25) is 9.89 Å². The first-order chi connectivity index (χ1) is 10.2.